The molecule has 2 heterocycles. The largest absolute Gasteiger partial charge is 0.593 e. The van der Waals surface area contributed by atoms with Crippen LogP contribution in [-0.4, -0.2) is 16.0 Å². The Morgan fingerprint density at radius 1 is 1.29 bits per heavy atom. The molecule has 0 amide bonds. The van der Waals surface area contributed by atoms with Crippen molar-refractivity contribution in [2.75, 3.05) is 5.32 Å². The zero-order valence-corrected chi connectivity index (χ0v) is 12.3. The first-order chi connectivity index (χ1) is 10.2. The molecule has 5 heteroatoms. The summed E-state index contributed by atoms with van der Waals surface area (Å²) >= 11 is 1.75. The summed E-state index contributed by atoms with van der Waals surface area (Å²) in [6, 6.07) is 7.24. The molecule has 21 heavy (non-hydrogen) atoms. The number of anilines is 1. The first-order valence-corrected chi connectivity index (χ1v) is 8.03. The van der Waals surface area contributed by atoms with E-state index in [0.29, 0.717) is 11.6 Å². The van der Waals surface area contributed by atoms with E-state index < -0.39 is 6.23 Å². The van der Waals surface area contributed by atoms with E-state index in [2.05, 4.69) is 10.3 Å². The highest BCUT2D eigenvalue weighted by Crippen LogP contribution is 2.43. The third-order valence-corrected chi connectivity index (χ3v) is 5.31. The molecule has 0 radical (unpaired) electrons. The van der Waals surface area contributed by atoms with Crippen molar-refractivity contribution in [2.24, 2.45) is 4.99 Å². The molecule has 1 atom stereocenters. The lowest BCUT2D eigenvalue weighted by molar-refractivity contribution is 0.187. The number of aliphatic imine (C=N–C) groups is 1. The number of thiophene rings is 1. The Kier molecular flexibility index (Phi) is 2.97. The Morgan fingerprint density at radius 3 is 3.00 bits per heavy atom. The highest BCUT2D eigenvalue weighted by atomic mass is 32.1. The Hall–Kier alpha value is -1.85. The number of benzene rings is 1. The molecule has 1 aliphatic heterocycles. The van der Waals surface area contributed by atoms with Crippen LogP contribution in [0.4, 0.5) is 5.00 Å². The van der Waals surface area contributed by atoms with E-state index in [1.807, 2.05) is 12.1 Å². The van der Waals surface area contributed by atoms with E-state index in [1.54, 1.807) is 23.5 Å². The van der Waals surface area contributed by atoms with Gasteiger partial charge in [-0.25, -0.2) is 4.99 Å². The van der Waals surface area contributed by atoms with Crippen LogP contribution >= 0.6 is 11.3 Å². The minimum Gasteiger partial charge on any atom is -0.593 e. The van der Waals surface area contributed by atoms with Crippen LogP contribution in [0.3, 0.4) is 0 Å². The second kappa shape index (κ2) is 4.86. The van der Waals surface area contributed by atoms with Crippen molar-refractivity contribution >= 4 is 22.2 Å². The number of hydrogen-bond donors (Lipinski definition) is 2. The number of hydrogen-bond acceptors (Lipinski definition) is 4. The average Bonchev–Trinajstić information content (AvgIpc) is 2.86. The van der Waals surface area contributed by atoms with E-state index in [-0.39, 0.29) is 0 Å². The molecule has 1 aromatic carbocycles. The van der Waals surface area contributed by atoms with Crippen LogP contribution < -0.4 is 5.32 Å². The van der Waals surface area contributed by atoms with Gasteiger partial charge in [-0.3, -0.25) is 0 Å². The lowest BCUT2D eigenvalue weighted by Crippen LogP contribution is -2.20. The van der Waals surface area contributed by atoms with Crippen molar-refractivity contribution in [3.05, 3.63) is 45.8 Å². The van der Waals surface area contributed by atoms with Crippen LogP contribution in [0.5, 0.6) is 5.75 Å². The van der Waals surface area contributed by atoms with Crippen molar-refractivity contribution in [1.29, 1.82) is 0 Å². The summed E-state index contributed by atoms with van der Waals surface area (Å²) in [5.74, 6) is 1.10. The predicted octanol–water partition coefficient (Wildman–Crippen LogP) is 2.93. The lowest BCUT2D eigenvalue weighted by atomic mass is 9.94. The van der Waals surface area contributed by atoms with Crippen LogP contribution in [0.2, 0.25) is 0 Å². The third-order valence-electron chi connectivity index (χ3n) is 4.09. The topological polar surface area (TPSA) is 67.5 Å². The van der Waals surface area contributed by atoms with Crippen LogP contribution in [0.15, 0.2) is 29.3 Å². The molecule has 1 aromatic heterocycles. The van der Waals surface area contributed by atoms with Gasteiger partial charge in [0.25, 0.3) is 5.75 Å². The molecule has 4 N–H and O–H groups in total. The Labute approximate surface area is 126 Å². The van der Waals surface area contributed by atoms with E-state index >= 15 is 0 Å². The number of nitrogens with zero attached hydrogens (tertiary/aromatic N) is 1. The average molecular weight is 301 g/mol. The zero-order valence-electron chi connectivity index (χ0n) is 11.5. The van der Waals surface area contributed by atoms with Gasteiger partial charge in [0.1, 0.15) is 10.8 Å². The fourth-order valence-electron chi connectivity index (χ4n) is 3.10. The van der Waals surface area contributed by atoms with Crippen LogP contribution in [0.25, 0.3) is 0 Å². The van der Waals surface area contributed by atoms with E-state index in [1.165, 1.54) is 23.3 Å². The fraction of sp³-hybridized carbons (Fsp3) is 0.312. The number of amidine groups is 1. The van der Waals surface area contributed by atoms with Crippen molar-refractivity contribution in [3.63, 3.8) is 0 Å². The van der Waals surface area contributed by atoms with Gasteiger partial charge in [0.05, 0.1) is 0 Å². The molecule has 0 fully saturated rings. The minimum atomic E-state index is -0.788. The first-order valence-electron chi connectivity index (χ1n) is 7.22. The van der Waals surface area contributed by atoms with Gasteiger partial charge >= 0.3 is 0 Å². The van der Waals surface area contributed by atoms with Crippen molar-refractivity contribution in [2.45, 2.75) is 31.9 Å². The van der Waals surface area contributed by atoms with Crippen LogP contribution in [0.1, 0.15) is 40.6 Å². The van der Waals surface area contributed by atoms with E-state index in [9.17, 15) is 5.11 Å². The molecular formula is C16H17N2O2S+. The summed E-state index contributed by atoms with van der Waals surface area (Å²) in [7, 11) is 0. The summed E-state index contributed by atoms with van der Waals surface area (Å²) in [5, 5.41) is 22.5. The zero-order chi connectivity index (χ0) is 14.4. The number of nitrogens with one attached hydrogen (secondary N) is 1. The number of aryl methyl sites for hydroxylation is 1. The number of rotatable bonds is 1. The van der Waals surface area contributed by atoms with Gasteiger partial charge in [0.15, 0.2) is 6.23 Å². The van der Waals surface area contributed by atoms with E-state index in [4.69, 9.17) is 5.11 Å². The molecule has 4 nitrogen and oxygen atoms in total. The van der Waals surface area contributed by atoms with Crippen molar-refractivity contribution in [3.8, 4) is 5.75 Å². The minimum absolute atomic E-state index is 0.447. The summed E-state index contributed by atoms with van der Waals surface area (Å²) < 4.78 is 0. The first kappa shape index (κ1) is 12.9. The fourth-order valence-corrected chi connectivity index (χ4v) is 4.41. The summed E-state index contributed by atoms with van der Waals surface area (Å²) in [4.78, 5) is 5.79. The molecule has 1 aliphatic carbocycles. The predicted molar refractivity (Wildman–Crippen MR) is 85.6 cm³/mol. The molecule has 0 bridgehead atoms. The molecule has 2 aliphatic rings. The summed E-state index contributed by atoms with van der Waals surface area (Å²) in [6.45, 7) is 0. The van der Waals surface area contributed by atoms with Gasteiger partial charge in [-0.2, -0.15) is 0 Å². The molecule has 4 rings (SSSR count). The van der Waals surface area contributed by atoms with Gasteiger partial charge < -0.3 is 15.5 Å². The molecule has 1 unspecified atom stereocenters. The van der Waals surface area contributed by atoms with Gasteiger partial charge in [-0.1, -0.05) is 12.1 Å². The van der Waals surface area contributed by atoms with Gasteiger partial charge in [0, 0.05) is 28.1 Å². The van der Waals surface area contributed by atoms with Crippen molar-refractivity contribution in [1.82, 2.24) is 0 Å². The number of aliphatic hydroxyl groups is 1. The Balaban J connectivity index is 1.75. The second-order valence-electron chi connectivity index (χ2n) is 5.51. The molecule has 0 saturated heterocycles. The maximum atomic E-state index is 10.4. The number of fused-ring (bicyclic) bond motifs is 3. The maximum absolute atomic E-state index is 10.4. The standard InChI is InChI=1S/C16H16N2O2S/c19-10-5-3-4-9(8-10)14-17-15(20)13-11-6-1-2-7-12(11)21-16(13)18-14/h3-5,8,15,19-20H,1-2,6-7H2,(H,17,18)/p+1. The van der Waals surface area contributed by atoms with Gasteiger partial charge in [-0.05, 0) is 31.2 Å². The quantitative estimate of drug-likeness (QED) is 0.795. The Morgan fingerprint density at radius 2 is 2.14 bits per heavy atom. The molecule has 2 aromatic rings. The molecule has 0 saturated carbocycles. The van der Waals surface area contributed by atoms with Crippen LogP contribution in [-0.2, 0) is 12.8 Å². The second-order valence-corrected chi connectivity index (χ2v) is 6.62. The monoisotopic (exact) mass is 301 g/mol. The smallest absolute Gasteiger partial charge is 0.254 e. The lowest BCUT2D eigenvalue weighted by Gasteiger charge is -2.21. The maximum Gasteiger partial charge on any atom is 0.254 e. The molecule has 108 valence electrons. The molecule has 0 spiro atoms. The van der Waals surface area contributed by atoms with Crippen LogP contribution in [0, 0.1) is 0 Å². The normalized spacial score (nSPS) is 20.2. The SMILES string of the molecule is OC1N=C(c2cccc([OH2+])c2)Nc2sc3c(c21)CCCC3. The Bertz CT molecular complexity index is 736. The van der Waals surface area contributed by atoms with Gasteiger partial charge in [-0.15, -0.1) is 11.3 Å². The van der Waals surface area contributed by atoms with Gasteiger partial charge in [0.2, 0.25) is 0 Å². The van der Waals surface area contributed by atoms with Crippen molar-refractivity contribution < 1.29 is 10.2 Å². The summed E-state index contributed by atoms with van der Waals surface area (Å²) in [5.41, 5.74) is 3.12. The van der Waals surface area contributed by atoms with E-state index in [0.717, 1.165) is 29.0 Å². The number of aliphatic hydroxyl groups excluding tert-OH is 1. The molecular weight excluding hydrogens is 284 g/mol. The highest BCUT2D eigenvalue weighted by Gasteiger charge is 2.29. The third kappa shape index (κ3) is 2.13. The summed E-state index contributed by atoms with van der Waals surface area (Å²) in [6.07, 6.45) is 3.80. The highest BCUT2D eigenvalue weighted by molar-refractivity contribution is 7.16.